The summed E-state index contributed by atoms with van der Waals surface area (Å²) in [6.07, 6.45) is 0. The summed E-state index contributed by atoms with van der Waals surface area (Å²) in [5, 5.41) is 15.6. The third-order valence-corrected chi connectivity index (χ3v) is 6.12. The lowest BCUT2D eigenvalue weighted by atomic mass is 10.2. The second kappa shape index (κ2) is 10.4. The van der Waals surface area contributed by atoms with Gasteiger partial charge in [0.2, 0.25) is 5.91 Å². The number of hydrogen-bond donors (Lipinski definition) is 2. The first-order valence-electron chi connectivity index (χ1n) is 9.05. The molecule has 0 unspecified atom stereocenters. The Morgan fingerprint density at radius 3 is 2.52 bits per heavy atom. The number of nitrogens with zero attached hydrogens (tertiary/aromatic N) is 3. The summed E-state index contributed by atoms with van der Waals surface area (Å²) >= 11 is 19.1. The second-order valence-electron chi connectivity index (χ2n) is 6.56. The number of thioether (sulfide) groups is 1. The Labute approximate surface area is 198 Å². The molecule has 0 aliphatic carbocycles. The van der Waals surface area contributed by atoms with Gasteiger partial charge in [0, 0.05) is 22.8 Å². The molecule has 2 N–H and O–H groups in total. The van der Waals surface area contributed by atoms with Crippen molar-refractivity contribution in [3.05, 3.63) is 68.4 Å². The van der Waals surface area contributed by atoms with Gasteiger partial charge in [-0.25, -0.2) is 0 Å². The van der Waals surface area contributed by atoms with E-state index in [2.05, 4.69) is 20.8 Å². The highest BCUT2D eigenvalue weighted by atomic mass is 35.5. The second-order valence-corrected chi connectivity index (χ2v) is 8.78. The summed E-state index contributed by atoms with van der Waals surface area (Å²) in [5.74, 6) is 0.137. The van der Waals surface area contributed by atoms with Gasteiger partial charge in [0.15, 0.2) is 11.0 Å². The van der Waals surface area contributed by atoms with Crippen LogP contribution in [-0.4, -0.2) is 32.3 Å². The van der Waals surface area contributed by atoms with Crippen molar-refractivity contribution in [1.29, 1.82) is 0 Å². The molecule has 0 fully saturated rings. The van der Waals surface area contributed by atoms with Crippen LogP contribution < -0.4 is 10.6 Å². The molecule has 3 rings (SSSR count). The molecule has 11 heteroatoms. The zero-order chi connectivity index (χ0) is 22.5. The van der Waals surface area contributed by atoms with E-state index < -0.39 is 0 Å². The zero-order valence-corrected chi connectivity index (χ0v) is 19.7. The van der Waals surface area contributed by atoms with E-state index in [1.54, 1.807) is 35.9 Å². The first-order chi connectivity index (χ1) is 14.7. The van der Waals surface area contributed by atoms with Crippen molar-refractivity contribution in [1.82, 2.24) is 20.1 Å². The molecule has 7 nitrogen and oxygen atoms in total. The number of hydrogen-bond acceptors (Lipinski definition) is 5. The largest absolute Gasteiger partial charge is 0.345 e. The van der Waals surface area contributed by atoms with Crippen LogP contribution in [0.25, 0.3) is 0 Å². The molecule has 1 aromatic heterocycles. The highest BCUT2D eigenvalue weighted by Crippen LogP contribution is 2.22. The molecule has 162 valence electrons. The minimum atomic E-state index is -0.352. The number of carbonyl (C=O) groups excluding carboxylic acids is 2. The van der Waals surface area contributed by atoms with Crippen molar-refractivity contribution in [2.24, 2.45) is 7.05 Å². The highest BCUT2D eigenvalue weighted by molar-refractivity contribution is 7.99. The minimum absolute atomic E-state index is 0.144. The van der Waals surface area contributed by atoms with Crippen molar-refractivity contribution in [2.45, 2.75) is 18.6 Å². The fraction of sp³-hybridized carbons (Fsp3) is 0.200. The Bertz CT molecular complexity index is 1140. The molecule has 0 radical (unpaired) electrons. The van der Waals surface area contributed by atoms with Crippen molar-refractivity contribution >= 4 is 64.1 Å². The van der Waals surface area contributed by atoms with Gasteiger partial charge in [0.25, 0.3) is 5.91 Å². The third kappa shape index (κ3) is 6.13. The van der Waals surface area contributed by atoms with Gasteiger partial charge in [-0.2, -0.15) is 0 Å². The van der Waals surface area contributed by atoms with Crippen molar-refractivity contribution in [3.8, 4) is 0 Å². The standard InChI is InChI=1S/C20H18Cl3N5O2S/c1-11-3-4-13(22)8-16(11)25-18(29)10-31-20-27-26-17(28(20)2)9-24-19(30)14-6-5-12(21)7-15(14)23/h3-8H,9-10H2,1-2H3,(H,24,30)(H,25,29). The molecular formula is C20H18Cl3N5O2S. The van der Waals surface area contributed by atoms with Crippen LogP contribution in [-0.2, 0) is 18.4 Å². The third-order valence-electron chi connectivity index (χ3n) is 4.31. The van der Waals surface area contributed by atoms with E-state index in [0.29, 0.717) is 32.3 Å². The summed E-state index contributed by atoms with van der Waals surface area (Å²) in [6, 6.07) is 9.96. The van der Waals surface area contributed by atoms with Gasteiger partial charge in [0.1, 0.15) is 0 Å². The number of rotatable bonds is 7. The summed E-state index contributed by atoms with van der Waals surface area (Å²) in [7, 11) is 1.76. The van der Waals surface area contributed by atoms with E-state index in [4.69, 9.17) is 34.8 Å². The van der Waals surface area contributed by atoms with E-state index in [1.807, 2.05) is 13.0 Å². The van der Waals surface area contributed by atoms with E-state index in [0.717, 1.165) is 5.56 Å². The van der Waals surface area contributed by atoms with Crippen LogP contribution in [0.5, 0.6) is 0 Å². The van der Waals surface area contributed by atoms with Gasteiger partial charge in [-0.15, -0.1) is 10.2 Å². The Morgan fingerprint density at radius 1 is 1.06 bits per heavy atom. The molecule has 0 spiro atoms. The summed E-state index contributed by atoms with van der Waals surface area (Å²) in [6.45, 7) is 2.04. The molecule has 1 heterocycles. The Kier molecular flexibility index (Phi) is 7.83. The fourth-order valence-electron chi connectivity index (χ4n) is 2.60. The lowest BCUT2D eigenvalue weighted by Gasteiger charge is -2.09. The lowest BCUT2D eigenvalue weighted by molar-refractivity contribution is -0.113. The van der Waals surface area contributed by atoms with E-state index >= 15 is 0 Å². The number of carbonyl (C=O) groups is 2. The first kappa shape index (κ1) is 23.4. The molecule has 0 bridgehead atoms. The Morgan fingerprint density at radius 2 is 1.77 bits per heavy atom. The summed E-state index contributed by atoms with van der Waals surface area (Å²) in [4.78, 5) is 24.6. The number of aromatic nitrogens is 3. The molecule has 3 aromatic rings. The molecule has 0 saturated heterocycles. The van der Waals surface area contributed by atoms with Crippen LogP contribution in [0, 0.1) is 6.92 Å². The van der Waals surface area contributed by atoms with Crippen molar-refractivity contribution < 1.29 is 9.59 Å². The number of aryl methyl sites for hydroxylation is 1. The number of anilines is 1. The topological polar surface area (TPSA) is 88.9 Å². The van der Waals surface area contributed by atoms with Crippen LogP contribution in [0.1, 0.15) is 21.7 Å². The van der Waals surface area contributed by atoms with Crippen LogP contribution in [0.4, 0.5) is 5.69 Å². The zero-order valence-electron chi connectivity index (χ0n) is 16.6. The van der Waals surface area contributed by atoms with E-state index in [1.165, 1.54) is 17.8 Å². The number of benzene rings is 2. The average molecular weight is 499 g/mol. The molecular weight excluding hydrogens is 481 g/mol. The predicted molar refractivity (Wildman–Crippen MR) is 124 cm³/mol. The maximum atomic E-state index is 12.3. The number of nitrogens with one attached hydrogen (secondary N) is 2. The number of halogens is 3. The maximum absolute atomic E-state index is 12.3. The average Bonchev–Trinajstić information content (AvgIpc) is 3.07. The van der Waals surface area contributed by atoms with Gasteiger partial charge in [0.05, 0.1) is 22.9 Å². The smallest absolute Gasteiger partial charge is 0.253 e. The highest BCUT2D eigenvalue weighted by Gasteiger charge is 2.15. The van der Waals surface area contributed by atoms with Gasteiger partial charge in [-0.05, 0) is 42.8 Å². The molecule has 0 atom stereocenters. The van der Waals surface area contributed by atoms with Crippen LogP contribution >= 0.6 is 46.6 Å². The van der Waals surface area contributed by atoms with E-state index in [-0.39, 0.29) is 29.1 Å². The molecule has 0 aliphatic rings. The predicted octanol–water partition coefficient (Wildman–Crippen LogP) is 4.74. The quantitative estimate of drug-likeness (QED) is 0.459. The van der Waals surface area contributed by atoms with Gasteiger partial charge in [-0.3, -0.25) is 9.59 Å². The first-order valence-corrected chi connectivity index (χ1v) is 11.2. The SMILES string of the molecule is Cc1ccc(Cl)cc1NC(=O)CSc1nnc(CNC(=O)c2ccc(Cl)cc2Cl)n1C. The summed E-state index contributed by atoms with van der Waals surface area (Å²) < 4.78 is 1.71. The molecule has 2 amide bonds. The maximum Gasteiger partial charge on any atom is 0.253 e. The van der Waals surface area contributed by atoms with Crippen molar-refractivity contribution in [2.75, 3.05) is 11.1 Å². The molecule has 0 aliphatic heterocycles. The lowest BCUT2D eigenvalue weighted by Crippen LogP contribution is -2.24. The van der Waals surface area contributed by atoms with Crippen molar-refractivity contribution in [3.63, 3.8) is 0 Å². The van der Waals surface area contributed by atoms with E-state index in [9.17, 15) is 9.59 Å². The van der Waals surface area contributed by atoms with Crippen LogP contribution in [0.2, 0.25) is 15.1 Å². The summed E-state index contributed by atoms with van der Waals surface area (Å²) in [5.41, 5.74) is 1.90. The van der Waals surface area contributed by atoms with Gasteiger partial charge < -0.3 is 15.2 Å². The molecule has 31 heavy (non-hydrogen) atoms. The Hall–Kier alpha value is -2.26. The number of amides is 2. The monoisotopic (exact) mass is 497 g/mol. The Balaban J connectivity index is 1.55. The van der Waals surface area contributed by atoms with Gasteiger partial charge >= 0.3 is 0 Å². The minimum Gasteiger partial charge on any atom is -0.345 e. The molecule has 2 aromatic carbocycles. The fourth-order valence-corrected chi connectivity index (χ4v) is 3.99. The normalized spacial score (nSPS) is 10.7. The van der Waals surface area contributed by atoms with Crippen LogP contribution in [0.15, 0.2) is 41.6 Å². The van der Waals surface area contributed by atoms with Crippen LogP contribution in [0.3, 0.4) is 0 Å². The molecule has 0 saturated carbocycles. The van der Waals surface area contributed by atoms with Gasteiger partial charge in [-0.1, -0.05) is 52.6 Å².